The van der Waals surface area contributed by atoms with Crippen molar-refractivity contribution < 1.29 is 4.79 Å². The fraction of sp³-hybridized carbons (Fsp3) is 0.429. The summed E-state index contributed by atoms with van der Waals surface area (Å²) in [5, 5.41) is 12.4. The molecule has 0 aliphatic rings. The van der Waals surface area contributed by atoms with Gasteiger partial charge in [0.2, 0.25) is 5.91 Å². The first-order chi connectivity index (χ1) is 9.12. The summed E-state index contributed by atoms with van der Waals surface area (Å²) in [6.07, 6.45) is 0. The summed E-state index contributed by atoms with van der Waals surface area (Å²) < 4.78 is 0. The van der Waals surface area contributed by atoms with Crippen molar-refractivity contribution in [2.75, 3.05) is 19.6 Å². The van der Waals surface area contributed by atoms with Crippen LogP contribution in [0.1, 0.15) is 25.0 Å². The van der Waals surface area contributed by atoms with Crippen molar-refractivity contribution in [2.24, 2.45) is 0 Å². The summed E-state index contributed by atoms with van der Waals surface area (Å²) in [4.78, 5) is 13.5. The van der Waals surface area contributed by atoms with Crippen molar-refractivity contribution >= 4 is 17.5 Å². The van der Waals surface area contributed by atoms with E-state index in [4.69, 9.17) is 16.9 Å². The zero-order chi connectivity index (χ0) is 14.3. The second kappa shape index (κ2) is 7.78. The van der Waals surface area contributed by atoms with Gasteiger partial charge < -0.3 is 10.2 Å². The van der Waals surface area contributed by atoms with Crippen LogP contribution < -0.4 is 5.32 Å². The van der Waals surface area contributed by atoms with E-state index < -0.39 is 0 Å². The molecule has 102 valence electrons. The fourth-order valence-corrected chi connectivity index (χ4v) is 2.00. The summed E-state index contributed by atoms with van der Waals surface area (Å²) in [5.74, 6) is 0.0785. The van der Waals surface area contributed by atoms with Gasteiger partial charge in [-0.2, -0.15) is 5.26 Å². The fourth-order valence-electron chi connectivity index (χ4n) is 1.75. The maximum Gasteiger partial charge on any atom is 0.236 e. The average Bonchev–Trinajstić information content (AvgIpc) is 2.42. The maximum absolute atomic E-state index is 11.8. The van der Waals surface area contributed by atoms with E-state index >= 15 is 0 Å². The second-order valence-corrected chi connectivity index (χ2v) is 4.49. The van der Waals surface area contributed by atoms with Gasteiger partial charge in [0.15, 0.2) is 0 Å². The zero-order valence-electron chi connectivity index (χ0n) is 11.2. The number of benzene rings is 1. The van der Waals surface area contributed by atoms with Crippen LogP contribution in [0, 0.1) is 11.3 Å². The molecule has 0 saturated heterocycles. The second-order valence-electron chi connectivity index (χ2n) is 4.09. The lowest BCUT2D eigenvalue weighted by atomic mass is 10.1. The van der Waals surface area contributed by atoms with Crippen molar-refractivity contribution in [3.63, 3.8) is 0 Å². The molecule has 0 bridgehead atoms. The minimum Gasteiger partial charge on any atom is -0.342 e. The molecule has 0 aliphatic carbocycles. The molecule has 0 heterocycles. The molecule has 1 N–H and O–H groups in total. The third-order valence-corrected chi connectivity index (χ3v) is 3.24. The third-order valence-electron chi connectivity index (χ3n) is 2.89. The van der Waals surface area contributed by atoms with E-state index in [0.717, 1.165) is 5.56 Å². The predicted molar refractivity (Wildman–Crippen MR) is 75.8 cm³/mol. The Morgan fingerprint density at radius 1 is 1.42 bits per heavy atom. The minimum atomic E-state index is 0.0785. The van der Waals surface area contributed by atoms with Crippen molar-refractivity contribution in [1.29, 1.82) is 5.26 Å². The summed E-state index contributed by atoms with van der Waals surface area (Å²) in [6.45, 7) is 6.15. The molecule has 5 heteroatoms. The smallest absolute Gasteiger partial charge is 0.236 e. The number of nitrogens with zero attached hydrogens (tertiary/aromatic N) is 2. The van der Waals surface area contributed by atoms with Crippen LogP contribution in [0.3, 0.4) is 0 Å². The van der Waals surface area contributed by atoms with E-state index in [1.165, 1.54) is 0 Å². The molecule has 0 unspecified atom stereocenters. The van der Waals surface area contributed by atoms with E-state index in [0.29, 0.717) is 30.2 Å². The highest BCUT2D eigenvalue weighted by Gasteiger charge is 2.09. The molecule has 0 aromatic heterocycles. The highest BCUT2D eigenvalue weighted by molar-refractivity contribution is 6.31. The van der Waals surface area contributed by atoms with Crippen LogP contribution in [-0.2, 0) is 11.3 Å². The Morgan fingerprint density at radius 2 is 2.11 bits per heavy atom. The lowest BCUT2D eigenvalue weighted by molar-refractivity contribution is -0.129. The highest BCUT2D eigenvalue weighted by Crippen LogP contribution is 2.17. The molecular weight excluding hydrogens is 262 g/mol. The normalized spacial score (nSPS) is 10.0. The van der Waals surface area contributed by atoms with Crippen LogP contribution in [0.15, 0.2) is 18.2 Å². The average molecular weight is 280 g/mol. The number of amides is 1. The van der Waals surface area contributed by atoms with Crippen LogP contribution in [0.5, 0.6) is 0 Å². The molecule has 1 rings (SSSR count). The molecule has 1 amide bonds. The summed E-state index contributed by atoms with van der Waals surface area (Å²) in [7, 11) is 0. The molecular formula is C14H18ClN3O. The van der Waals surface area contributed by atoms with Gasteiger partial charge in [0.25, 0.3) is 0 Å². The van der Waals surface area contributed by atoms with Gasteiger partial charge in [-0.1, -0.05) is 17.7 Å². The molecule has 0 atom stereocenters. The van der Waals surface area contributed by atoms with E-state index in [1.54, 1.807) is 23.1 Å². The van der Waals surface area contributed by atoms with Gasteiger partial charge in [-0.25, -0.2) is 0 Å². The number of hydrogen-bond acceptors (Lipinski definition) is 3. The number of halogens is 1. The first-order valence-electron chi connectivity index (χ1n) is 6.29. The molecule has 4 nitrogen and oxygen atoms in total. The van der Waals surface area contributed by atoms with E-state index in [2.05, 4.69) is 5.32 Å². The van der Waals surface area contributed by atoms with Crippen molar-refractivity contribution in [2.45, 2.75) is 20.4 Å². The van der Waals surface area contributed by atoms with E-state index in [9.17, 15) is 4.79 Å². The Hall–Kier alpha value is -1.57. The first kappa shape index (κ1) is 15.5. The largest absolute Gasteiger partial charge is 0.342 e. The lowest BCUT2D eigenvalue weighted by Crippen LogP contribution is -2.37. The number of hydrogen-bond donors (Lipinski definition) is 1. The molecule has 1 aromatic rings. The molecule has 0 saturated carbocycles. The molecule has 0 fully saturated rings. The van der Waals surface area contributed by atoms with Gasteiger partial charge in [-0.15, -0.1) is 0 Å². The summed E-state index contributed by atoms with van der Waals surface area (Å²) >= 11 is 6.05. The van der Waals surface area contributed by atoms with Crippen LogP contribution in [-0.4, -0.2) is 30.4 Å². The molecule has 0 spiro atoms. The van der Waals surface area contributed by atoms with Crippen LogP contribution in [0.25, 0.3) is 0 Å². The third kappa shape index (κ3) is 4.55. The van der Waals surface area contributed by atoms with Gasteiger partial charge in [0.05, 0.1) is 18.2 Å². The number of likely N-dealkylation sites (N-methyl/N-ethyl adjacent to an activating group) is 1. The van der Waals surface area contributed by atoms with Gasteiger partial charge in [-0.3, -0.25) is 4.79 Å². The van der Waals surface area contributed by atoms with Gasteiger partial charge in [-0.05, 0) is 31.5 Å². The molecule has 0 aliphatic heterocycles. The van der Waals surface area contributed by atoms with Crippen molar-refractivity contribution in [3.05, 3.63) is 34.3 Å². The standard InChI is InChI=1S/C14H18ClN3O/c1-3-18(4-2)14(19)10-17-9-12-6-5-11(8-16)7-13(12)15/h5-7,17H,3-4,9-10H2,1-2H3. The topological polar surface area (TPSA) is 56.1 Å². The Labute approximate surface area is 119 Å². The Balaban J connectivity index is 2.50. The molecule has 19 heavy (non-hydrogen) atoms. The maximum atomic E-state index is 11.8. The Morgan fingerprint density at radius 3 is 2.63 bits per heavy atom. The van der Waals surface area contributed by atoms with Crippen LogP contribution in [0.4, 0.5) is 0 Å². The number of nitrogens with one attached hydrogen (secondary N) is 1. The monoisotopic (exact) mass is 279 g/mol. The molecule has 1 aromatic carbocycles. The zero-order valence-corrected chi connectivity index (χ0v) is 12.0. The Bertz CT molecular complexity index is 478. The summed E-state index contributed by atoms with van der Waals surface area (Å²) in [6, 6.07) is 7.18. The van der Waals surface area contributed by atoms with E-state index in [-0.39, 0.29) is 12.5 Å². The minimum absolute atomic E-state index is 0.0785. The number of carbonyl (C=O) groups is 1. The SMILES string of the molecule is CCN(CC)C(=O)CNCc1ccc(C#N)cc1Cl. The number of rotatable bonds is 6. The first-order valence-corrected chi connectivity index (χ1v) is 6.67. The van der Waals surface area contributed by atoms with Gasteiger partial charge >= 0.3 is 0 Å². The predicted octanol–water partition coefficient (Wildman–Crippen LogP) is 2.17. The van der Waals surface area contributed by atoms with E-state index in [1.807, 2.05) is 19.9 Å². The van der Waals surface area contributed by atoms with Gasteiger partial charge in [0.1, 0.15) is 0 Å². The van der Waals surface area contributed by atoms with Crippen LogP contribution in [0.2, 0.25) is 5.02 Å². The van der Waals surface area contributed by atoms with Crippen molar-refractivity contribution in [1.82, 2.24) is 10.2 Å². The number of nitriles is 1. The summed E-state index contributed by atoms with van der Waals surface area (Å²) in [5.41, 5.74) is 1.42. The highest BCUT2D eigenvalue weighted by atomic mass is 35.5. The van der Waals surface area contributed by atoms with Crippen molar-refractivity contribution in [3.8, 4) is 6.07 Å². The number of carbonyl (C=O) groups excluding carboxylic acids is 1. The van der Waals surface area contributed by atoms with Gasteiger partial charge in [0, 0.05) is 24.7 Å². The lowest BCUT2D eigenvalue weighted by Gasteiger charge is -2.18. The molecule has 0 radical (unpaired) electrons. The Kier molecular flexibility index (Phi) is 6.34. The quantitative estimate of drug-likeness (QED) is 0.868. The van der Waals surface area contributed by atoms with Crippen LogP contribution >= 0.6 is 11.6 Å².